The van der Waals surface area contributed by atoms with Crippen molar-refractivity contribution >= 4 is 5.69 Å². The highest BCUT2D eigenvalue weighted by molar-refractivity contribution is 5.59. The molecule has 20 heavy (non-hydrogen) atoms. The number of ether oxygens (including phenoxy) is 2. The molecule has 0 saturated carbocycles. The lowest BCUT2D eigenvalue weighted by atomic mass is 10.1. The molecule has 2 aromatic rings. The van der Waals surface area contributed by atoms with Crippen molar-refractivity contribution < 1.29 is 9.47 Å². The number of rotatable bonds is 3. The number of benzene rings is 2. The van der Waals surface area contributed by atoms with Gasteiger partial charge in [-0.2, -0.15) is 0 Å². The Hall–Kier alpha value is -2.16. The van der Waals surface area contributed by atoms with Crippen molar-refractivity contribution in [3.63, 3.8) is 0 Å². The second-order valence-corrected chi connectivity index (χ2v) is 5.18. The number of methoxy groups -OCH3 is 1. The van der Waals surface area contributed by atoms with Crippen molar-refractivity contribution in [1.29, 1.82) is 0 Å². The molecule has 1 unspecified atom stereocenters. The quantitative estimate of drug-likeness (QED) is 0.926. The molecule has 3 heteroatoms. The summed E-state index contributed by atoms with van der Waals surface area (Å²) < 4.78 is 11.3. The zero-order valence-corrected chi connectivity index (χ0v) is 11.8. The maximum Gasteiger partial charge on any atom is 0.142 e. The van der Waals surface area contributed by atoms with Gasteiger partial charge in [-0.15, -0.1) is 0 Å². The third kappa shape index (κ3) is 2.72. The first-order chi connectivity index (χ1) is 9.74. The lowest BCUT2D eigenvalue weighted by molar-refractivity contribution is 0.206. The summed E-state index contributed by atoms with van der Waals surface area (Å²) in [6.07, 6.45) is 1.02. The first kappa shape index (κ1) is 12.9. The monoisotopic (exact) mass is 269 g/mol. The van der Waals surface area contributed by atoms with Crippen molar-refractivity contribution in [3.05, 3.63) is 53.6 Å². The van der Waals surface area contributed by atoms with Crippen molar-refractivity contribution in [2.75, 3.05) is 19.0 Å². The summed E-state index contributed by atoms with van der Waals surface area (Å²) in [5, 5.41) is 3.45. The summed E-state index contributed by atoms with van der Waals surface area (Å²) in [6, 6.07) is 14.4. The maximum atomic E-state index is 6.06. The molecule has 0 bridgehead atoms. The average molecular weight is 269 g/mol. The Labute approximate surface area is 119 Å². The fourth-order valence-corrected chi connectivity index (χ4v) is 2.51. The summed E-state index contributed by atoms with van der Waals surface area (Å²) in [5.74, 6) is 1.83. The number of anilines is 1. The average Bonchev–Trinajstić information content (AvgIpc) is 2.47. The van der Waals surface area contributed by atoms with Crippen LogP contribution in [0, 0.1) is 6.92 Å². The molecule has 3 nitrogen and oxygen atoms in total. The van der Waals surface area contributed by atoms with E-state index < -0.39 is 0 Å². The maximum absolute atomic E-state index is 6.06. The van der Waals surface area contributed by atoms with Gasteiger partial charge < -0.3 is 14.8 Å². The second kappa shape index (κ2) is 5.45. The predicted molar refractivity (Wildman–Crippen MR) is 80.8 cm³/mol. The summed E-state index contributed by atoms with van der Waals surface area (Å²) in [7, 11) is 1.69. The minimum Gasteiger partial charge on any atom is -0.497 e. The molecule has 0 radical (unpaired) electrons. The van der Waals surface area contributed by atoms with E-state index in [4.69, 9.17) is 9.47 Å². The van der Waals surface area contributed by atoms with Crippen LogP contribution >= 0.6 is 0 Å². The van der Waals surface area contributed by atoms with Crippen LogP contribution in [-0.2, 0) is 6.42 Å². The zero-order chi connectivity index (χ0) is 13.9. The zero-order valence-electron chi connectivity index (χ0n) is 11.8. The van der Waals surface area contributed by atoms with Gasteiger partial charge >= 0.3 is 0 Å². The minimum atomic E-state index is 0.150. The largest absolute Gasteiger partial charge is 0.497 e. The number of hydrogen-bond acceptors (Lipinski definition) is 3. The van der Waals surface area contributed by atoms with E-state index in [0.717, 1.165) is 30.2 Å². The van der Waals surface area contributed by atoms with Gasteiger partial charge in [-0.25, -0.2) is 0 Å². The Morgan fingerprint density at radius 1 is 1.25 bits per heavy atom. The summed E-state index contributed by atoms with van der Waals surface area (Å²) in [4.78, 5) is 0. The van der Waals surface area contributed by atoms with Crippen molar-refractivity contribution in [2.24, 2.45) is 0 Å². The molecular weight excluding hydrogens is 250 g/mol. The molecule has 1 aliphatic heterocycles. The third-order valence-corrected chi connectivity index (χ3v) is 3.55. The molecule has 0 amide bonds. The molecule has 104 valence electrons. The number of nitrogens with one attached hydrogen (secondary N) is 1. The van der Waals surface area contributed by atoms with Gasteiger partial charge in [-0.1, -0.05) is 18.2 Å². The molecule has 0 fully saturated rings. The topological polar surface area (TPSA) is 30.5 Å². The van der Waals surface area contributed by atoms with E-state index >= 15 is 0 Å². The summed E-state index contributed by atoms with van der Waals surface area (Å²) >= 11 is 0. The van der Waals surface area contributed by atoms with Crippen LogP contribution in [0.1, 0.15) is 11.1 Å². The van der Waals surface area contributed by atoms with Gasteiger partial charge in [0, 0.05) is 6.42 Å². The van der Waals surface area contributed by atoms with Crippen LogP contribution in [0.25, 0.3) is 0 Å². The van der Waals surface area contributed by atoms with Gasteiger partial charge in [0.1, 0.15) is 17.6 Å². The fourth-order valence-electron chi connectivity index (χ4n) is 2.51. The molecule has 0 spiro atoms. The molecule has 0 saturated heterocycles. The molecule has 1 aliphatic rings. The Kier molecular flexibility index (Phi) is 3.50. The Morgan fingerprint density at radius 2 is 2.15 bits per heavy atom. The number of fused-ring (bicyclic) bond motifs is 1. The van der Waals surface area contributed by atoms with Gasteiger partial charge in [0.25, 0.3) is 0 Å². The molecule has 3 rings (SSSR count). The highest BCUT2D eigenvalue weighted by Crippen LogP contribution is 2.30. The van der Waals surface area contributed by atoms with Crippen LogP contribution in [0.4, 0.5) is 5.69 Å². The van der Waals surface area contributed by atoms with Crippen LogP contribution in [-0.4, -0.2) is 19.8 Å². The summed E-state index contributed by atoms with van der Waals surface area (Å²) in [5.41, 5.74) is 3.56. The smallest absolute Gasteiger partial charge is 0.142 e. The van der Waals surface area contributed by atoms with E-state index in [1.165, 1.54) is 11.1 Å². The highest BCUT2D eigenvalue weighted by Gasteiger charge is 2.19. The summed E-state index contributed by atoms with van der Waals surface area (Å²) in [6.45, 7) is 2.91. The minimum absolute atomic E-state index is 0.150. The Morgan fingerprint density at radius 3 is 3.00 bits per heavy atom. The van der Waals surface area contributed by atoms with E-state index in [1.807, 2.05) is 18.2 Å². The van der Waals surface area contributed by atoms with Crippen LogP contribution in [0.5, 0.6) is 11.5 Å². The molecular formula is C17H19NO2. The second-order valence-electron chi connectivity index (χ2n) is 5.18. The SMILES string of the molecule is COc1cccc(CC2CNc3cc(C)ccc3O2)c1. The lowest BCUT2D eigenvalue weighted by Gasteiger charge is -2.27. The van der Waals surface area contributed by atoms with E-state index in [2.05, 4.69) is 36.5 Å². The van der Waals surface area contributed by atoms with Crippen LogP contribution in [0.15, 0.2) is 42.5 Å². The molecule has 0 aliphatic carbocycles. The normalized spacial score (nSPS) is 16.8. The first-order valence-corrected chi connectivity index (χ1v) is 6.89. The van der Waals surface area contributed by atoms with Crippen molar-refractivity contribution in [1.82, 2.24) is 0 Å². The van der Waals surface area contributed by atoms with E-state index in [0.29, 0.717) is 0 Å². The Balaban J connectivity index is 1.72. The standard InChI is InChI=1S/C17H19NO2/c1-12-6-7-17-16(8-12)18-11-15(20-17)10-13-4-3-5-14(9-13)19-2/h3-9,15,18H,10-11H2,1-2H3. The van der Waals surface area contributed by atoms with Crippen LogP contribution in [0.3, 0.4) is 0 Å². The van der Waals surface area contributed by atoms with E-state index in [1.54, 1.807) is 7.11 Å². The van der Waals surface area contributed by atoms with Gasteiger partial charge in [0.15, 0.2) is 0 Å². The molecule has 1 heterocycles. The van der Waals surface area contributed by atoms with E-state index in [9.17, 15) is 0 Å². The van der Waals surface area contributed by atoms with Crippen molar-refractivity contribution in [3.8, 4) is 11.5 Å². The molecule has 0 aromatic heterocycles. The van der Waals surface area contributed by atoms with Crippen LogP contribution in [0.2, 0.25) is 0 Å². The molecule has 1 N–H and O–H groups in total. The van der Waals surface area contributed by atoms with E-state index in [-0.39, 0.29) is 6.10 Å². The molecule has 2 aromatic carbocycles. The van der Waals surface area contributed by atoms with Gasteiger partial charge in [0.2, 0.25) is 0 Å². The first-order valence-electron chi connectivity index (χ1n) is 6.89. The fraction of sp³-hybridized carbons (Fsp3) is 0.294. The van der Waals surface area contributed by atoms with Gasteiger partial charge in [0.05, 0.1) is 19.3 Å². The van der Waals surface area contributed by atoms with Gasteiger partial charge in [-0.05, 0) is 42.3 Å². The Bertz CT molecular complexity index is 610. The predicted octanol–water partition coefficient (Wildman–Crippen LogP) is 3.42. The van der Waals surface area contributed by atoms with Crippen molar-refractivity contribution in [2.45, 2.75) is 19.4 Å². The third-order valence-electron chi connectivity index (χ3n) is 3.55. The number of hydrogen-bond donors (Lipinski definition) is 1. The lowest BCUT2D eigenvalue weighted by Crippen LogP contribution is -2.32. The molecule has 1 atom stereocenters. The highest BCUT2D eigenvalue weighted by atomic mass is 16.5. The van der Waals surface area contributed by atoms with Gasteiger partial charge in [-0.3, -0.25) is 0 Å². The van der Waals surface area contributed by atoms with Crippen LogP contribution < -0.4 is 14.8 Å². The number of aryl methyl sites for hydroxylation is 1.